The summed E-state index contributed by atoms with van der Waals surface area (Å²) >= 11 is 0. The Morgan fingerprint density at radius 1 is 1.33 bits per heavy atom. The summed E-state index contributed by atoms with van der Waals surface area (Å²) in [6.07, 6.45) is 2.80. The lowest BCUT2D eigenvalue weighted by atomic mass is 10.0. The van der Waals surface area contributed by atoms with Crippen LogP contribution in [0.15, 0.2) is 0 Å². The third-order valence-electron chi connectivity index (χ3n) is 2.55. The molecule has 0 aliphatic heterocycles. The maximum absolute atomic E-state index is 11.4. The molecule has 15 heavy (non-hydrogen) atoms. The number of rotatable bonds is 5. The number of aliphatic carboxylic acids is 1. The second-order valence-corrected chi connectivity index (χ2v) is 5.62. The highest BCUT2D eigenvalue weighted by molar-refractivity contribution is 7.90. The van der Waals surface area contributed by atoms with Gasteiger partial charge in [0.15, 0.2) is 5.75 Å². The summed E-state index contributed by atoms with van der Waals surface area (Å²) in [5.41, 5.74) is -0.839. The Morgan fingerprint density at radius 2 is 1.87 bits per heavy atom. The van der Waals surface area contributed by atoms with Crippen molar-refractivity contribution in [1.29, 1.82) is 0 Å². The van der Waals surface area contributed by atoms with Crippen LogP contribution in [0.4, 0.5) is 0 Å². The molecule has 0 aromatic carbocycles. The van der Waals surface area contributed by atoms with Gasteiger partial charge in [0.1, 0.15) is 0 Å². The Balaban J connectivity index is 2.70. The lowest BCUT2D eigenvalue weighted by Gasteiger charge is -2.26. The molecule has 1 aliphatic carbocycles. The zero-order chi connectivity index (χ0) is 11.5. The summed E-state index contributed by atoms with van der Waals surface area (Å²) in [6.45, 7) is -0.286. The van der Waals surface area contributed by atoms with Crippen molar-refractivity contribution in [1.82, 2.24) is 4.72 Å². The molecular formula is C8H15NO5S. The highest BCUT2D eigenvalue weighted by Crippen LogP contribution is 2.29. The average Bonchev–Trinajstić information content (AvgIpc) is 2.50. The molecule has 1 aliphatic rings. The van der Waals surface area contributed by atoms with Gasteiger partial charge in [-0.1, -0.05) is 12.8 Å². The van der Waals surface area contributed by atoms with Crippen LogP contribution in [0.2, 0.25) is 0 Å². The first kappa shape index (κ1) is 12.4. The van der Waals surface area contributed by atoms with E-state index in [2.05, 4.69) is 4.72 Å². The molecule has 1 fully saturated rings. The van der Waals surface area contributed by atoms with Crippen LogP contribution >= 0.6 is 0 Å². The topological polar surface area (TPSA) is 104 Å². The molecule has 1 saturated carbocycles. The van der Waals surface area contributed by atoms with E-state index < -0.39 is 27.3 Å². The molecule has 0 saturated heterocycles. The van der Waals surface area contributed by atoms with Gasteiger partial charge in [0.2, 0.25) is 10.0 Å². The Labute approximate surface area is 88.3 Å². The van der Waals surface area contributed by atoms with Crippen molar-refractivity contribution in [2.75, 3.05) is 12.4 Å². The molecule has 6 nitrogen and oxygen atoms in total. The van der Waals surface area contributed by atoms with Crippen LogP contribution in [0.1, 0.15) is 25.7 Å². The highest BCUT2D eigenvalue weighted by atomic mass is 32.2. The van der Waals surface area contributed by atoms with E-state index in [4.69, 9.17) is 10.2 Å². The number of aliphatic hydroxyl groups is 1. The average molecular weight is 237 g/mol. The number of carboxylic acids is 1. The number of carbonyl (C=O) groups is 1. The normalized spacial score (nSPS) is 20.3. The predicted octanol–water partition coefficient (Wildman–Crippen LogP) is -0.704. The minimum atomic E-state index is -3.84. The van der Waals surface area contributed by atoms with E-state index in [0.717, 1.165) is 12.8 Å². The second-order valence-electron chi connectivity index (χ2n) is 3.90. The van der Waals surface area contributed by atoms with Crippen LogP contribution < -0.4 is 4.72 Å². The van der Waals surface area contributed by atoms with Gasteiger partial charge in [0, 0.05) is 0 Å². The molecule has 0 spiro atoms. The quantitative estimate of drug-likeness (QED) is 0.586. The molecule has 88 valence electrons. The summed E-state index contributed by atoms with van der Waals surface area (Å²) in [5, 5.41) is 17.5. The Morgan fingerprint density at radius 3 is 2.27 bits per heavy atom. The van der Waals surface area contributed by atoms with Crippen molar-refractivity contribution >= 4 is 16.0 Å². The molecule has 0 bridgehead atoms. The first-order valence-corrected chi connectivity index (χ1v) is 6.39. The van der Waals surface area contributed by atoms with Gasteiger partial charge in [-0.2, -0.15) is 0 Å². The minimum absolute atomic E-state index is 0.286. The summed E-state index contributed by atoms with van der Waals surface area (Å²) in [6, 6.07) is 0. The molecule has 3 N–H and O–H groups in total. The molecule has 1 rings (SSSR count). The summed E-state index contributed by atoms with van der Waals surface area (Å²) in [4.78, 5) is 10.3. The van der Waals surface area contributed by atoms with Crippen molar-refractivity contribution in [3.8, 4) is 0 Å². The molecule has 0 atom stereocenters. The molecular weight excluding hydrogens is 222 g/mol. The van der Waals surface area contributed by atoms with Crippen LogP contribution in [0.25, 0.3) is 0 Å². The number of nitrogens with one attached hydrogen (secondary N) is 1. The molecule has 7 heteroatoms. The first-order valence-electron chi connectivity index (χ1n) is 4.73. The maximum Gasteiger partial charge on any atom is 0.320 e. The Hall–Kier alpha value is -0.660. The maximum atomic E-state index is 11.4. The van der Waals surface area contributed by atoms with E-state index in [1.165, 1.54) is 0 Å². The van der Waals surface area contributed by atoms with Crippen molar-refractivity contribution in [2.45, 2.75) is 31.2 Å². The third-order valence-corrected chi connectivity index (χ3v) is 3.92. The van der Waals surface area contributed by atoms with Gasteiger partial charge < -0.3 is 10.2 Å². The van der Waals surface area contributed by atoms with Gasteiger partial charge in [-0.05, 0) is 12.8 Å². The van der Waals surface area contributed by atoms with Gasteiger partial charge >= 0.3 is 5.97 Å². The van der Waals surface area contributed by atoms with Gasteiger partial charge in [-0.3, -0.25) is 4.79 Å². The van der Waals surface area contributed by atoms with Crippen molar-refractivity contribution < 1.29 is 23.4 Å². The fourth-order valence-corrected chi connectivity index (χ4v) is 3.20. The predicted molar refractivity (Wildman–Crippen MR) is 52.8 cm³/mol. The van der Waals surface area contributed by atoms with Gasteiger partial charge in [0.05, 0.1) is 12.1 Å². The Kier molecular flexibility index (Phi) is 3.69. The van der Waals surface area contributed by atoms with E-state index >= 15 is 0 Å². The van der Waals surface area contributed by atoms with Crippen LogP contribution in [-0.4, -0.2) is 42.5 Å². The fourth-order valence-electron chi connectivity index (χ4n) is 1.87. The van der Waals surface area contributed by atoms with E-state index in [-0.39, 0.29) is 6.61 Å². The summed E-state index contributed by atoms with van der Waals surface area (Å²) in [5.74, 6) is -2.34. The zero-order valence-corrected chi connectivity index (χ0v) is 9.09. The molecule has 0 heterocycles. The second kappa shape index (κ2) is 4.46. The molecule has 0 radical (unpaired) electrons. The fraction of sp³-hybridized carbons (Fsp3) is 0.875. The van der Waals surface area contributed by atoms with Crippen LogP contribution in [0.5, 0.6) is 0 Å². The zero-order valence-electron chi connectivity index (χ0n) is 8.27. The van der Waals surface area contributed by atoms with Gasteiger partial charge in [0.25, 0.3) is 0 Å². The minimum Gasteiger partial charge on any atom is -0.480 e. The van der Waals surface area contributed by atoms with Crippen molar-refractivity contribution in [2.24, 2.45) is 0 Å². The monoisotopic (exact) mass is 237 g/mol. The summed E-state index contributed by atoms with van der Waals surface area (Å²) in [7, 11) is -3.84. The third kappa shape index (κ3) is 3.44. The van der Waals surface area contributed by atoms with Crippen molar-refractivity contribution in [3.63, 3.8) is 0 Å². The van der Waals surface area contributed by atoms with E-state index in [0.29, 0.717) is 12.8 Å². The number of aliphatic hydroxyl groups excluding tert-OH is 1. The molecule has 0 aromatic heterocycles. The SMILES string of the molecule is O=C(O)CS(=O)(=O)NC1(CO)CCCC1. The van der Waals surface area contributed by atoms with Crippen LogP contribution in [-0.2, 0) is 14.8 Å². The number of sulfonamides is 1. The lowest BCUT2D eigenvalue weighted by molar-refractivity contribution is -0.134. The molecule has 0 unspecified atom stereocenters. The molecule has 0 amide bonds. The van der Waals surface area contributed by atoms with E-state index in [1.54, 1.807) is 0 Å². The number of carboxylic acid groups (broad SMARTS) is 1. The smallest absolute Gasteiger partial charge is 0.320 e. The standard InChI is InChI=1S/C8H15NO5S/c10-6-8(3-1-2-4-8)9-15(13,14)5-7(11)12/h9-10H,1-6H2,(H,11,12). The molecule has 0 aromatic rings. The van der Waals surface area contributed by atoms with Crippen LogP contribution in [0.3, 0.4) is 0 Å². The van der Waals surface area contributed by atoms with Gasteiger partial charge in [-0.25, -0.2) is 13.1 Å². The van der Waals surface area contributed by atoms with E-state index in [1.807, 2.05) is 0 Å². The number of hydrogen-bond donors (Lipinski definition) is 3. The highest BCUT2D eigenvalue weighted by Gasteiger charge is 2.37. The van der Waals surface area contributed by atoms with E-state index in [9.17, 15) is 13.2 Å². The summed E-state index contributed by atoms with van der Waals surface area (Å²) < 4.78 is 25.0. The van der Waals surface area contributed by atoms with Gasteiger partial charge in [-0.15, -0.1) is 0 Å². The lowest BCUT2D eigenvalue weighted by Crippen LogP contribution is -2.50. The first-order chi connectivity index (χ1) is 6.89. The number of hydrogen-bond acceptors (Lipinski definition) is 4. The van der Waals surface area contributed by atoms with Crippen molar-refractivity contribution in [3.05, 3.63) is 0 Å². The Bertz CT molecular complexity index is 331. The largest absolute Gasteiger partial charge is 0.480 e. The van der Waals surface area contributed by atoms with Crippen LogP contribution in [0, 0.1) is 0 Å².